The smallest absolute Gasteiger partial charge is 0.226 e. The van der Waals surface area contributed by atoms with Crippen molar-refractivity contribution in [3.8, 4) is 34.6 Å². The van der Waals surface area contributed by atoms with Gasteiger partial charge in [-0.05, 0) is 56.0 Å². The summed E-state index contributed by atoms with van der Waals surface area (Å²) in [5.74, 6) is 1.77. The van der Waals surface area contributed by atoms with Crippen LogP contribution in [0.1, 0.15) is 43.0 Å². The molecule has 2 N–H and O–H groups in total. The van der Waals surface area contributed by atoms with Crippen LogP contribution in [0.4, 0.5) is 0 Å². The van der Waals surface area contributed by atoms with Gasteiger partial charge in [-0.3, -0.25) is 0 Å². The molecule has 1 aliphatic rings. The van der Waals surface area contributed by atoms with Crippen molar-refractivity contribution in [3.05, 3.63) is 59.3 Å². The van der Waals surface area contributed by atoms with Crippen LogP contribution in [0, 0.1) is 11.3 Å². The second-order valence-electron chi connectivity index (χ2n) is 7.04. The molecule has 1 aliphatic carbocycles. The third kappa shape index (κ3) is 3.62. The number of oxazole rings is 1. The van der Waals surface area contributed by atoms with E-state index in [1.807, 2.05) is 32.0 Å². The highest BCUT2D eigenvalue weighted by atomic mass is 35.5. The number of hydrogen-bond acceptors (Lipinski definition) is 5. The van der Waals surface area contributed by atoms with Crippen LogP contribution < -0.4 is 10.5 Å². The van der Waals surface area contributed by atoms with Crippen molar-refractivity contribution in [3.63, 3.8) is 0 Å². The Morgan fingerprint density at radius 3 is 2.86 bits per heavy atom. The molecule has 0 saturated heterocycles. The van der Waals surface area contributed by atoms with E-state index in [9.17, 15) is 5.26 Å². The number of halogens is 1. The Labute approximate surface area is 170 Å². The average molecular weight is 396 g/mol. The molecule has 4 rings (SSSR count). The molecule has 1 atom stereocenters. The third-order valence-electron chi connectivity index (χ3n) is 4.80. The highest BCUT2D eigenvalue weighted by Crippen LogP contribution is 2.38. The first-order valence-electron chi connectivity index (χ1n) is 9.11. The van der Waals surface area contributed by atoms with E-state index in [0.29, 0.717) is 17.2 Å². The summed E-state index contributed by atoms with van der Waals surface area (Å²) in [4.78, 5) is 4.43. The highest BCUT2D eigenvalue weighted by Gasteiger charge is 2.23. The predicted molar refractivity (Wildman–Crippen MR) is 110 cm³/mol. The summed E-state index contributed by atoms with van der Waals surface area (Å²) >= 11 is 0. The zero-order valence-electron chi connectivity index (χ0n) is 15.8. The number of fused-ring (bicyclic) bond motifs is 1. The number of nitrogens with two attached hydrogens (primary N) is 1. The highest BCUT2D eigenvalue weighted by molar-refractivity contribution is 5.85. The summed E-state index contributed by atoms with van der Waals surface area (Å²) in [5, 5.41) is 9.42. The van der Waals surface area contributed by atoms with E-state index >= 15 is 0 Å². The fraction of sp³-hybridized carbons (Fsp3) is 0.273. The number of nitriles is 1. The lowest BCUT2D eigenvalue weighted by molar-refractivity contribution is 0.242. The standard InChI is InChI=1S/C22H21N3O2.ClH/c1-13(2)26-20-9-6-14(10-15(20)11-23)22-25-12-21(27-22)18-5-3-4-17-16(18)7-8-19(17)24;/h3-6,9-10,12-13,19H,7-8,24H2,1-2H3;1H/t19-;/m0./s1. The minimum Gasteiger partial charge on any atom is -0.490 e. The monoisotopic (exact) mass is 395 g/mol. The normalized spacial score (nSPS) is 15.0. The maximum absolute atomic E-state index is 9.42. The lowest BCUT2D eigenvalue weighted by atomic mass is 10.0. The zero-order valence-corrected chi connectivity index (χ0v) is 16.6. The minimum atomic E-state index is 0. The van der Waals surface area contributed by atoms with Gasteiger partial charge in [0.15, 0.2) is 5.76 Å². The Kier molecular flexibility index (Phi) is 5.73. The van der Waals surface area contributed by atoms with Crippen LogP contribution in [0.5, 0.6) is 5.75 Å². The van der Waals surface area contributed by atoms with E-state index in [0.717, 1.165) is 29.7 Å². The quantitative estimate of drug-likeness (QED) is 0.669. The van der Waals surface area contributed by atoms with Gasteiger partial charge in [-0.2, -0.15) is 5.26 Å². The molecule has 0 spiro atoms. The molecule has 0 unspecified atom stereocenters. The molecule has 0 aliphatic heterocycles. The van der Waals surface area contributed by atoms with E-state index in [1.165, 1.54) is 11.1 Å². The van der Waals surface area contributed by atoms with Crippen LogP contribution in [0.15, 0.2) is 47.0 Å². The van der Waals surface area contributed by atoms with Gasteiger partial charge in [0.2, 0.25) is 5.89 Å². The van der Waals surface area contributed by atoms with Crippen molar-refractivity contribution in [2.75, 3.05) is 0 Å². The molecular weight excluding hydrogens is 374 g/mol. The summed E-state index contributed by atoms with van der Waals surface area (Å²) in [7, 11) is 0. The van der Waals surface area contributed by atoms with Crippen molar-refractivity contribution >= 4 is 12.4 Å². The van der Waals surface area contributed by atoms with Crippen molar-refractivity contribution < 1.29 is 9.15 Å². The van der Waals surface area contributed by atoms with Crippen LogP contribution >= 0.6 is 12.4 Å². The SMILES string of the molecule is CC(C)Oc1ccc(-c2ncc(-c3cccc4c3CC[C@@H]4N)o2)cc1C#N.Cl. The lowest BCUT2D eigenvalue weighted by Crippen LogP contribution is -2.06. The Bertz CT molecular complexity index is 1040. The van der Waals surface area contributed by atoms with Crippen molar-refractivity contribution in [1.29, 1.82) is 5.26 Å². The van der Waals surface area contributed by atoms with E-state index < -0.39 is 0 Å². The van der Waals surface area contributed by atoms with Gasteiger partial charge in [-0.1, -0.05) is 18.2 Å². The molecule has 6 heteroatoms. The number of aromatic nitrogens is 1. The van der Waals surface area contributed by atoms with Gasteiger partial charge in [0.05, 0.1) is 17.9 Å². The van der Waals surface area contributed by atoms with E-state index in [4.69, 9.17) is 14.9 Å². The molecule has 5 nitrogen and oxygen atoms in total. The first kappa shape index (κ1) is 19.9. The molecule has 28 heavy (non-hydrogen) atoms. The van der Waals surface area contributed by atoms with Gasteiger partial charge in [0.1, 0.15) is 11.8 Å². The molecular formula is C22H22ClN3O2. The van der Waals surface area contributed by atoms with Gasteiger partial charge in [-0.15, -0.1) is 12.4 Å². The molecule has 0 bridgehead atoms. The van der Waals surface area contributed by atoms with Gasteiger partial charge in [0, 0.05) is 17.2 Å². The number of benzene rings is 2. The summed E-state index contributed by atoms with van der Waals surface area (Å²) in [6.07, 6.45) is 3.64. The van der Waals surface area contributed by atoms with E-state index in [-0.39, 0.29) is 24.6 Å². The van der Waals surface area contributed by atoms with Gasteiger partial charge in [0.25, 0.3) is 0 Å². The van der Waals surface area contributed by atoms with E-state index in [1.54, 1.807) is 18.3 Å². The first-order valence-corrected chi connectivity index (χ1v) is 9.11. The Morgan fingerprint density at radius 2 is 2.11 bits per heavy atom. The maximum Gasteiger partial charge on any atom is 0.226 e. The predicted octanol–water partition coefficient (Wildman–Crippen LogP) is 5.04. The third-order valence-corrected chi connectivity index (χ3v) is 4.80. The largest absolute Gasteiger partial charge is 0.490 e. The Morgan fingerprint density at radius 1 is 1.29 bits per heavy atom. The number of nitrogens with zero attached hydrogens (tertiary/aromatic N) is 2. The molecule has 0 amide bonds. The van der Waals surface area contributed by atoms with Crippen LogP contribution in [0.25, 0.3) is 22.8 Å². The van der Waals surface area contributed by atoms with Crippen LogP contribution in [0.2, 0.25) is 0 Å². The number of hydrogen-bond donors (Lipinski definition) is 1. The summed E-state index contributed by atoms with van der Waals surface area (Å²) in [6.45, 7) is 3.86. The topological polar surface area (TPSA) is 85.1 Å². The summed E-state index contributed by atoms with van der Waals surface area (Å²) in [5.41, 5.74) is 10.9. The van der Waals surface area contributed by atoms with Crippen molar-refractivity contribution in [2.24, 2.45) is 5.73 Å². The van der Waals surface area contributed by atoms with Crippen LogP contribution in [-0.2, 0) is 6.42 Å². The second kappa shape index (κ2) is 8.05. The second-order valence-corrected chi connectivity index (χ2v) is 7.04. The lowest BCUT2D eigenvalue weighted by Gasteiger charge is -2.11. The summed E-state index contributed by atoms with van der Waals surface area (Å²) in [6, 6.07) is 13.8. The van der Waals surface area contributed by atoms with Crippen LogP contribution in [0.3, 0.4) is 0 Å². The van der Waals surface area contributed by atoms with Gasteiger partial charge >= 0.3 is 0 Å². The van der Waals surface area contributed by atoms with Gasteiger partial charge < -0.3 is 14.9 Å². The molecule has 0 saturated carbocycles. The molecule has 0 radical (unpaired) electrons. The fourth-order valence-corrected chi connectivity index (χ4v) is 3.56. The molecule has 1 aromatic heterocycles. The zero-order chi connectivity index (χ0) is 19.0. The first-order chi connectivity index (χ1) is 13.1. The summed E-state index contributed by atoms with van der Waals surface area (Å²) < 4.78 is 11.7. The molecule has 3 aromatic rings. The maximum atomic E-state index is 9.42. The minimum absolute atomic E-state index is 0. The van der Waals surface area contributed by atoms with Gasteiger partial charge in [-0.25, -0.2) is 4.98 Å². The molecule has 2 aromatic carbocycles. The Balaban J connectivity index is 0.00000225. The average Bonchev–Trinajstić information content (AvgIpc) is 3.29. The molecule has 1 heterocycles. The Hall–Kier alpha value is -2.81. The number of ether oxygens (including phenoxy) is 1. The van der Waals surface area contributed by atoms with Crippen molar-refractivity contribution in [1.82, 2.24) is 4.98 Å². The van der Waals surface area contributed by atoms with E-state index in [2.05, 4.69) is 17.1 Å². The number of rotatable bonds is 4. The van der Waals surface area contributed by atoms with Crippen LogP contribution in [-0.4, -0.2) is 11.1 Å². The molecule has 0 fully saturated rings. The van der Waals surface area contributed by atoms with Crippen molar-refractivity contribution in [2.45, 2.75) is 38.8 Å². The molecule has 144 valence electrons. The fourth-order valence-electron chi connectivity index (χ4n) is 3.56.